The van der Waals surface area contributed by atoms with Crippen LogP contribution in [0.4, 0.5) is 0 Å². The quantitative estimate of drug-likeness (QED) is 0.626. The van der Waals surface area contributed by atoms with Crippen molar-refractivity contribution in [2.45, 2.75) is 19.3 Å². The zero-order chi connectivity index (χ0) is 19.2. The number of amides is 1. The average Bonchev–Trinajstić information content (AvgIpc) is 3.06. The summed E-state index contributed by atoms with van der Waals surface area (Å²) in [4.78, 5) is 23.9. The first-order valence-corrected chi connectivity index (χ1v) is 8.69. The number of phenols is 1. The smallest absolute Gasteiger partial charge is 0.310 e. The molecule has 0 fully saturated rings. The molecule has 6 heteroatoms. The summed E-state index contributed by atoms with van der Waals surface area (Å²) in [6, 6.07) is 14.5. The molecule has 1 aromatic heterocycles. The van der Waals surface area contributed by atoms with Gasteiger partial charge in [-0.2, -0.15) is 0 Å². The molecular formula is C21H21NO5. The first-order valence-electron chi connectivity index (χ1n) is 8.69. The summed E-state index contributed by atoms with van der Waals surface area (Å²) in [6.45, 7) is 2.16. The van der Waals surface area contributed by atoms with Gasteiger partial charge < -0.3 is 19.6 Å². The van der Waals surface area contributed by atoms with Crippen LogP contribution in [0.1, 0.15) is 24.0 Å². The van der Waals surface area contributed by atoms with Crippen molar-refractivity contribution in [3.63, 3.8) is 0 Å². The molecule has 0 aliphatic carbocycles. The van der Waals surface area contributed by atoms with E-state index in [-0.39, 0.29) is 30.6 Å². The third-order valence-electron chi connectivity index (χ3n) is 4.31. The zero-order valence-electron chi connectivity index (χ0n) is 15.0. The van der Waals surface area contributed by atoms with E-state index in [0.717, 1.165) is 10.9 Å². The Labute approximate surface area is 156 Å². The molecule has 0 saturated heterocycles. The fourth-order valence-corrected chi connectivity index (χ4v) is 2.78. The molecule has 1 amide bonds. The second-order valence-electron chi connectivity index (χ2n) is 6.39. The summed E-state index contributed by atoms with van der Waals surface area (Å²) >= 11 is 0. The third-order valence-corrected chi connectivity index (χ3v) is 4.31. The molecule has 27 heavy (non-hydrogen) atoms. The molecule has 0 saturated carbocycles. The number of phenolic OH excluding ortho intramolecular Hbond substituents is 1. The van der Waals surface area contributed by atoms with Crippen LogP contribution >= 0.6 is 0 Å². The summed E-state index contributed by atoms with van der Waals surface area (Å²) in [5.74, 6) is -0.600. The average molecular weight is 367 g/mol. The topological polar surface area (TPSA) is 88.8 Å². The van der Waals surface area contributed by atoms with Crippen molar-refractivity contribution in [1.82, 2.24) is 5.32 Å². The summed E-state index contributed by atoms with van der Waals surface area (Å²) < 4.78 is 10.4. The highest BCUT2D eigenvalue weighted by molar-refractivity contribution is 5.87. The van der Waals surface area contributed by atoms with E-state index < -0.39 is 5.97 Å². The van der Waals surface area contributed by atoms with Gasteiger partial charge in [-0.15, -0.1) is 0 Å². The minimum Gasteiger partial charge on any atom is -0.508 e. The summed E-state index contributed by atoms with van der Waals surface area (Å²) in [7, 11) is 0. The van der Waals surface area contributed by atoms with Crippen molar-refractivity contribution in [2.24, 2.45) is 0 Å². The molecule has 140 valence electrons. The van der Waals surface area contributed by atoms with Crippen LogP contribution in [0.15, 0.2) is 59.2 Å². The highest BCUT2D eigenvalue weighted by Crippen LogP contribution is 2.25. The minimum absolute atomic E-state index is 0.00846. The monoisotopic (exact) mass is 367 g/mol. The summed E-state index contributed by atoms with van der Waals surface area (Å²) in [5.41, 5.74) is 2.27. The van der Waals surface area contributed by atoms with Crippen molar-refractivity contribution in [3.8, 4) is 5.75 Å². The number of furan rings is 1. The lowest BCUT2D eigenvalue weighted by Crippen LogP contribution is -2.31. The van der Waals surface area contributed by atoms with E-state index in [1.54, 1.807) is 6.07 Å². The maximum atomic E-state index is 12.0. The zero-order valence-corrected chi connectivity index (χ0v) is 15.0. The van der Waals surface area contributed by atoms with Gasteiger partial charge in [-0.3, -0.25) is 9.59 Å². The predicted molar refractivity (Wildman–Crippen MR) is 100 cm³/mol. The van der Waals surface area contributed by atoms with E-state index >= 15 is 0 Å². The lowest BCUT2D eigenvalue weighted by atomic mass is 10.0. The van der Waals surface area contributed by atoms with Gasteiger partial charge in [0.1, 0.15) is 11.3 Å². The van der Waals surface area contributed by atoms with Crippen LogP contribution in [0.2, 0.25) is 0 Å². The first-order chi connectivity index (χ1) is 13.0. The fourth-order valence-electron chi connectivity index (χ4n) is 2.78. The number of fused-ring (bicyclic) bond motifs is 1. The standard InChI is InChI=1S/C21H21NO5/c1-14(15-5-3-2-4-6-15)11-22-20(24)13-27-21(25)9-16-12-26-19-10-17(23)7-8-18(16)19/h2-8,10,12,14,23H,9,11,13H2,1H3,(H,22,24)/t14-/m0/s1. The van der Waals surface area contributed by atoms with Gasteiger partial charge >= 0.3 is 5.97 Å². The van der Waals surface area contributed by atoms with Gasteiger partial charge in [-0.25, -0.2) is 0 Å². The number of carbonyl (C=O) groups is 2. The summed E-state index contributed by atoms with van der Waals surface area (Å²) in [6.07, 6.45) is 1.44. The van der Waals surface area contributed by atoms with Crippen LogP contribution in [0, 0.1) is 0 Å². The molecule has 0 unspecified atom stereocenters. The molecule has 0 aliphatic rings. The molecule has 2 N–H and O–H groups in total. The molecular weight excluding hydrogens is 346 g/mol. The van der Waals surface area contributed by atoms with E-state index in [1.807, 2.05) is 37.3 Å². The normalized spacial score (nSPS) is 11.9. The van der Waals surface area contributed by atoms with Gasteiger partial charge in [0.2, 0.25) is 0 Å². The maximum Gasteiger partial charge on any atom is 0.310 e. The molecule has 0 spiro atoms. The van der Waals surface area contributed by atoms with Gasteiger partial charge in [-0.05, 0) is 23.6 Å². The van der Waals surface area contributed by atoms with Crippen LogP contribution in [0.5, 0.6) is 5.75 Å². The number of ether oxygens (including phenoxy) is 1. The number of esters is 1. The Balaban J connectivity index is 1.45. The van der Waals surface area contributed by atoms with Gasteiger partial charge in [0.15, 0.2) is 6.61 Å². The Bertz CT molecular complexity index is 932. The second-order valence-corrected chi connectivity index (χ2v) is 6.39. The molecule has 0 radical (unpaired) electrons. The Kier molecular flexibility index (Phi) is 5.76. The molecule has 2 aromatic carbocycles. The van der Waals surface area contributed by atoms with Crippen LogP contribution in [-0.4, -0.2) is 30.1 Å². The van der Waals surface area contributed by atoms with Crippen molar-refractivity contribution in [1.29, 1.82) is 0 Å². The number of hydrogen-bond acceptors (Lipinski definition) is 5. The van der Waals surface area contributed by atoms with Crippen LogP contribution in [0.25, 0.3) is 11.0 Å². The van der Waals surface area contributed by atoms with Gasteiger partial charge in [0.05, 0.1) is 12.7 Å². The fraction of sp³-hybridized carbons (Fsp3) is 0.238. The number of hydrogen-bond donors (Lipinski definition) is 2. The van der Waals surface area contributed by atoms with E-state index in [2.05, 4.69) is 5.32 Å². The van der Waals surface area contributed by atoms with Gasteiger partial charge in [-0.1, -0.05) is 37.3 Å². The molecule has 1 atom stereocenters. The van der Waals surface area contributed by atoms with Gasteiger partial charge in [0.25, 0.3) is 5.91 Å². The van der Waals surface area contributed by atoms with E-state index in [0.29, 0.717) is 17.7 Å². The molecule has 0 bridgehead atoms. The Hall–Kier alpha value is -3.28. The number of nitrogens with one attached hydrogen (secondary N) is 1. The molecule has 6 nitrogen and oxygen atoms in total. The maximum absolute atomic E-state index is 12.0. The molecule has 0 aliphatic heterocycles. The highest BCUT2D eigenvalue weighted by atomic mass is 16.5. The lowest BCUT2D eigenvalue weighted by Gasteiger charge is -2.13. The SMILES string of the molecule is C[C@@H](CNC(=O)COC(=O)Cc1coc2cc(O)ccc12)c1ccccc1. The van der Waals surface area contributed by atoms with Crippen molar-refractivity contribution < 1.29 is 23.8 Å². The summed E-state index contributed by atoms with van der Waals surface area (Å²) in [5, 5.41) is 12.9. The van der Waals surface area contributed by atoms with Crippen molar-refractivity contribution in [3.05, 3.63) is 65.9 Å². The van der Waals surface area contributed by atoms with Gasteiger partial charge in [0, 0.05) is 23.6 Å². The van der Waals surface area contributed by atoms with E-state index in [1.165, 1.54) is 18.4 Å². The van der Waals surface area contributed by atoms with Crippen molar-refractivity contribution in [2.75, 3.05) is 13.2 Å². The predicted octanol–water partition coefficient (Wildman–Crippen LogP) is 3.14. The number of carbonyl (C=O) groups excluding carboxylic acids is 2. The lowest BCUT2D eigenvalue weighted by molar-refractivity contribution is -0.147. The second kappa shape index (κ2) is 8.40. The van der Waals surface area contributed by atoms with Crippen LogP contribution in [0.3, 0.4) is 0 Å². The van der Waals surface area contributed by atoms with E-state index in [4.69, 9.17) is 9.15 Å². The highest BCUT2D eigenvalue weighted by Gasteiger charge is 2.14. The Morgan fingerprint density at radius 3 is 2.74 bits per heavy atom. The largest absolute Gasteiger partial charge is 0.508 e. The first kappa shape index (κ1) is 18.5. The molecule has 1 heterocycles. The molecule has 3 rings (SSSR count). The van der Waals surface area contributed by atoms with Crippen LogP contribution < -0.4 is 5.32 Å². The minimum atomic E-state index is -0.517. The third kappa shape index (κ3) is 4.88. The Morgan fingerprint density at radius 1 is 1.19 bits per heavy atom. The number of benzene rings is 2. The van der Waals surface area contributed by atoms with Crippen molar-refractivity contribution >= 4 is 22.8 Å². The van der Waals surface area contributed by atoms with Crippen LogP contribution in [-0.2, 0) is 20.7 Å². The Morgan fingerprint density at radius 2 is 1.96 bits per heavy atom. The number of aromatic hydroxyl groups is 1. The molecule has 3 aromatic rings. The number of rotatable bonds is 7. The van der Waals surface area contributed by atoms with E-state index in [9.17, 15) is 14.7 Å².